The number of carbonyl (C=O) groups is 1. The van der Waals surface area contributed by atoms with Crippen molar-refractivity contribution in [2.75, 3.05) is 0 Å². The highest BCUT2D eigenvalue weighted by Gasteiger charge is 2.14. The van der Waals surface area contributed by atoms with E-state index in [0.29, 0.717) is 5.56 Å². The number of hydrogen-bond acceptors (Lipinski definition) is 1. The van der Waals surface area contributed by atoms with E-state index in [1.807, 2.05) is 0 Å². The van der Waals surface area contributed by atoms with Gasteiger partial charge in [-0.05, 0) is 12.5 Å². The first-order valence-corrected chi connectivity index (χ1v) is 4.13. The Morgan fingerprint density at radius 2 is 1.64 bits per heavy atom. The molecule has 0 aliphatic heterocycles. The van der Waals surface area contributed by atoms with Crippen molar-refractivity contribution in [1.82, 2.24) is 0 Å². The maximum Gasteiger partial charge on any atom is 0.310 e. The Labute approximate surface area is 80.2 Å². The van der Waals surface area contributed by atoms with E-state index in [4.69, 9.17) is 5.11 Å². The Bertz CT molecular complexity index is 319. The quantitative estimate of drug-likeness (QED) is 0.814. The summed E-state index contributed by atoms with van der Waals surface area (Å²) in [6.07, 6.45) is -2.51. The third-order valence-corrected chi connectivity index (χ3v) is 2.06. The van der Waals surface area contributed by atoms with Crippen molar-refractivity contribution in [1.29, 1.82) is 0 Å². The molecule has 0 radical (unpaired) electrons. The van der Waals surface area contributed by atoms with Crippen molar-refractivity contribution in [2.45, 2.75) is 19.3 Å². The molecule has 0 unspecified atom stereocenters. The van der Waals surface area contributed by atoms with Gasteiger partial charge in [0.2, 0.25) is 0 Å². The minimum absolute atomic E-state index is 0.0914. The Hall–Kier alpha value is -1.45. The molecule has 0 aliphatic rings. The van der Waals surface area contributed by atoms with Gasteiger partial charge in [0.25, 0.3) is 6.43 Å². The second-order valence-corrected chi connectivity index (χ2v) is 3.03. The van der Waals surface area contributed by atoms with E-state index < -0.39 is 18.3 Å². The minimum atomic E-state index is -2.51. The lowest BCUT2D eigenvalue weighted by Gasteiger charge is -2.07. The summed E-state index contributed by atoms with van der Waals surface area (Å²) in [7, 11) is 0. The van der Waals surface area contributed by atoms with E-state index in [1.165, 1.54) is 31.2 Å². The zero-order valence-corrected chi connectivity index (χ0v) is 7.58. The predicted octanol–water partition coefficient (Wildman–Crippen LogP) is 2.81. The summed E-state index contributed by atoms with van der Waals surface area (Å²) in [5.74, 6) is -1.63. The molecule has 1 N–H and O–H groups in total. The van der Waals surface area contributed by atoms with Gasteiger partial charge >= 0.3 is 5.97 Å². The maximum absolute atomic E-state index is 12.1. The van der Waals surface area contributed by atoms with E-state index in [1.54, 1.807) is 0 Å². The number of hydrogen-bond donors (Lipinski definition) is 1. The molecule has 0 heterocycles. The van der Waals surface area contributed by atoms with E-state index in [0.717, 1.165) is 0 Å². The van der Waals surface area contributed by atoms with Crippen LogP contribution in [0, 0.1) is 0 Å². The van der Waals surface area contributed by atoms with Gasteiger partial charge < -0.3 is 5.11 Å². The summed E-state index contributed by atoms with van der Waals surface area (Å²) >= 11 is 0. The highest BCUT2D eigenvalue weighted by Crippen LogP contribution is 2.22. The van der Waals surface area contributed by atoms with Crippen LogP contribution in [-0.4, -0.2) is 11.1 Å². The molecular weight excluding hydrogens is 190 g/mol. The van der Waals surface area contributed by atoms with Crippen molar-refractivity contribution in [2.24, 2.45) is 0 Å². The molecule has 0 fully saturated rings. The predicted molar refractivity (Wildman–Crippen MR) is 47.4 cm³/mol. The smallest absolute Gasteiger partial charge is 0.310 e. The third kappa shape index (κ3) is 2.28. The average molecular weight is 200 g/mol. The van der Waals surface area contributed by atoms with Gasteiger partial charge in [-0.15, -0.1) is 0 Å². The van der Waals surface area contributed by atoms with Crippen LogP contribution in [0.4, 0.5) is 8.78 Å². The molecule has 1 atom stereocenters. The van der Waals surface area contributed by atoms with Gasteiger partial charge in [-0.25, -0.2) is 8.78 Å². The van der Waals surface area contributed by atoms with E-state index >= 15 is 0 Å². The van der Waals surface area contributed by atoms with E-state index in [9.17, 15) is 13.6 Å². The minimum Gasteiger partial charge on any atom is -0.481 e. The zero-order valence-electron chi connectivity index (χ0n) is 7.58. The monoisotopic (exact) mass is 200 g/mol. The van der Waals surface area contributed by atoms with E-state index in [2.05, 4.69) is 0 Å². The fraction of sp³-hybridized carbons (Fsp3) is 0.300. The molecule has 2 nitrogen and oxygen atoms in total. The van der Waals surface area contributed by atoms with Crippen LogP contribution in [0.2, 0.25) is 0 Å². The average Bonchev–Trinajstić information content (AvgIpc) is 2.16. The van der Waals surface area contributed by atoms with Crippen molar-refractivity contribution < 1.29 is 18.7 Å². The number of rotatable bonds is 3. The lowest BCUT2D eigenvalue weighted by Crippen LogP contribution is -2.07. The fourth-order valence-corrected chi connectivity index (χ4v) is 1.07. The van der Waals surface area contributed by atoms with Crippen LogP contribution >= 0.6 is 0 Å². The summed E-state index contributed by atoms with van der Waals surface area (Å²) in [5, 5.41) is 8.67. The fourth-order valence-electron chi connectivity index (χ4n) is 1.07. The molecule has 14 heavy (non-hydrogen) atoms. The Balaban J connectivity index is 2.88. The summed E-state index contributed by atoms with van der Waals surface area (Å²) in [4.78, 5) is 10.6. The van der Waals surface area contributed by atoms with Crippen LogP contribution in [0.15, 0.2) is 24.3 Å². The number of carboxylic acid groups (broad SMARTS) is 1. The largest absolute Gasteiger partial charge is 0.481 e. The van der Waals surface area contributed by atoms with Crippen molar-refractivity contribution in [3.05, 3.63) is 35.4 Å². The summed E-state index contributed by atoms with van der Waals surface area (Å²) in [6, 6.07) is 5.33. The number of benzene rings is 1. The molecule has 0 saturated heterocycles. The Kier molecular flexibility index (Phi) is 3.17. The lowest BCUT2D eigenvalue weighted by atomic mass is 10.0. The molecule has 0 aromatic heterocycles. The van der Waals surface area contributed by atoms with Crippen LogP contribution in [0.25, 0.3) is 0 Å². The lowest BCUT2D eigenvalue weighted by molar-refractivity contribution is -0.138. The number of alkyl halides is 2. The van der Waals surface area contributed by atoms with Crippen molar-refractivity contribution >= 4 is 5.97 Å². The molecule has 0 spiro atoms. The molecule has 0 aliphatic carbocycles. The Morgan fingerprint density at radius 1 is 1.21 bits per heavy atom. The number of carboxylic acids is 1. The topological polar surface area (TPSA) is 37.3 Å². The first kappa shape index (κ1) is 10.6. The van der Waals surface area contributed by atoms with Gasteiger partial charge in [0.15, 0.2) is 0 Å². The molecule has 0 bridgehead atoms. The number of aliphatic carboxylic acids is 1. The summed E-state index contributed by atoms with van der Waals surface area (Å²) < 4.78 is 24.3. The summed E-state index contributed by atoms with van der Waals surface area (Å²) in [6.45, 7) is 1.51. The molecule has 0 amide bonds. The number of halogens is 2. The molecular formula is C10H10F2O2. The van der Waals surface area contributed by atoms with Gasteiger partial charge in [0, 0.05) is 5.56 Å². The molecule has 1 aromatic carbocycles. The van der Waals surface area contributed by atoms with Gasteiger partial charge in [-0.2, -0.15) is 0 Å². The first-order valence-electron chi connectivity index (χ1n) is 4.13. The standard InChI is InChI=1S/C10H10F2O2/c1-6(10(13)14)7-2-4-8(5-3-7)9(11)12/h2-6,9H,1H3,(H,13,14)/t6-/m0/s1. The van der Waals surface area contributed by atoms with Crippen LogP contribution in [0.3, 0.4) is 0 Å². The second-order valence-electron chi connectivity index (χ2n) is 3.03. The van der Waals surface area contributed by atoms with Crippen molar-refractivity contribution in [3.63, 3.8) is 0 Å². The maximum atomic E-state index is 12.1. The third-order valence-electron chi connectivity index (χ3n) is 2.06. The molecule has 76 valence electrons. The summed E-state index contributed by atoms with van der Waals surface area (Å²) in [5.41, 5.74) is 0.438. The van der Waals surface area contributed by atoms with Gasteiger partial charge in [0.1, 0.15) is 0 Å². The SMILES string of the molecule is C[C@H](C(=O)O)c1ccc(C(F)F)cc1. The van der Waals surface area contributed by atoms with E-state index in [-0.39, 0.29) is 5.56 Å². The first-order chi connectivity index (χ1) is 6.52. The van der Waals surface area contributed by atoms with Crippen LogP contribution in [0.5, 0.6) is 0 Å². The van der Waals surface area contributed by atoms with Gasteiger partial charge in [-0.1, -0.05) is 24.3 Å². The van der Waals surface area contributed by atoms with Crippen LogP contribution in [-0.2, 0) is 4.79 Å². The molecule has 1 rings (SSSR count). The molecule has 4 heteroatoms. The highest BCUT2D eigenvalue weighted by atomic mass is 19.3. The zero-order chi connectivity index (χ0) is 10.7. The van der Waals surface area contributed by atoms with Gasteiger partial charge in [-0.3, -0.25) is 4.79 Å². The van der Waals surface area contributed by atoms with Gasteiger partial charge in [0.05, 0.1) is 5.92 Å². The molecule has 0 saturated carbocycles. The van der Waals surface area contributed by atoms with Crippen LogP contribution in [0.1, 0.15) is 30.4 Å². The highest BCUT2D eigenvalue weighted by molar-refractivity contribution is 5.75. The Morgan fingerprint density at radius 3 is 2.00 bits per heavy atom. The van der Waals surface area contributed by atoms with Crippen LogP contribution < -0.4 is 0 Å². The second kappa shape index (κ2) is 4.17. The van der Waals surface area contributed by atoms with Crippen molar-refractivity contribution in [3.8, 4) is 0 Å². The normalized spacial score (nSPS) is 12.9. The molecule has 1 aromatic rings.